The first-order valence-corrected chi connectivity index (χ1v) is 9.46. The van der Waals surface area contributed by atoms with E-state index in [0.29, 0.717) is 36.3 Å². The molecule has 0 aliphatic carbocycles. The molecule has 1 amide bonds. The largest absolute Gasteiger partial charge is 0.490 e. The van der Waals surface area contributed by atoms with Crippen LogP contribution in [0.4, 0.5) is 0 Å². The number of amides is 1. The van der Waals surface area contributed by atoms with Gasteiger partial charge >= 0.3 is 0 Å². The Labute approximate surface area is 160 Å². The fraction of sp³-hybridized carbons (Fsp3) is 0.429. The topological polar surface area (TPSA) is 63.7 Å². The number of likely N-dealkylation sites (N-methyl/N-ethyl adjacent to an activating group) is 1. The summed E-state index contributed by atoms with van der Waals surface area (Å²) < 4.78 is 11.6. The van der Waals surface area contributed by atoms with Crippen LogP contribution in [0.3, 0.4) is 0 Å². The minimum Gasteiger partial charge on any atom is -0.490 e. The van der Waals surface area contributed by atoms with Crippen LogP contribution in [-0.4, -0.2) is 48.6 Å². The highest BCUT2D eigenvalue weighted by Crippen LogP contribution is 2.30. The predicted molar refractivity (Wildman–Crippen MR) is 104 cm³/mol. The number of hydrogen-bond acceptors (Lipinski definition) is 5. The number of ether oxygens (including phenoxy) is 2. The molecule has 144 valence electrons. The van der Waals surface area contributed by atoms with Crippen molar-refractivity contribution in [3.05, 3.63) is 53.9 Å². The van der Waals surface area contributed by atoms with Crippen molar-refractivity contribution in [2.45, 2.75) is 32.4 Å². The van der Waals surface area contributed by atoms with Gasteiger partial charge in [-0.25, -0.2) is 0 Å². The molecule has 1 saturated heterocycles. The number of aromatic nitrogens is 1. The molecule has 2 aromatic rings. The molecule has 1 unspecified atom stereocenters. The first-order chi connectivity index (χ1) is 13.2. The third-order valence-corrected chi connectivity index (χ3v) is 4.75. The molecule has 2 heterocycles. The predicted octanol–water partition coefficient (Wildman–Crippen LogP) is 2.88. The van der Waals surface area contributed by atoms with E-state index in [4.69, 9.17) is 9.47 Å². The van der Waals surface area contributed by atoms with Crippen molar-refractivity contribution in [3.63, 3.8) is 0 Å². The zero-order valence-electron chi connectivity index (χ0n) is 16.0. The summed E-state index contributed by atoms with van der Waals surface area (Å²) >= 11 is 0. The quantitative estimate of drug-likeness (QED) is 0.813. The van der Waals surface area contributed by atoms with E-state index in [2.05, 4.69) is 10.3 Å². The van der Waals surface area contributed by atoms with Crippen LogP contribution < -0.4 is 14.8 Å². The van der Waals surface area contributed by atoms with Gasteiger partial charge < -0.3 is 19.7 Å². The van der Waals surface area contributed by atoms with Crippen LogP contribution >= 0.6 is 0 Å². The number of carbonyl (C=O) groups is 1. The second-order valence-corrected chi connectivity index (χ2v) is 6.62. The van der Waals surface area contributed by atoms with Crippen molar-refractivity contribution < 1.29 is 14.3 Å². The van der Waals surface area contributed by atoms with Gasteiger partial charge in [-0.15, -0.1) is 0 Å². The lowest BCUT2D eigenvalue weighted by molar-refractivity contribution is 0.0697. The third-order valence-electron chi connectivity index (χ3n) is 4.75. The van der Waals surface area contributed by atoms with E-state index in [1.807, 2.05) is 43.1 Å². The van der Waals surface area contributed by atoms with Gasteiger partial charge in [-0.05, 0) is 62.7 Å². The van der Waals surface area contributed by atoms with Gasteiger partial charge in [0.1, 0.15) is 6.61 Å². The highest BCUT2D eigenvalue weighted by molar-refractivity contribution is 5.95. The maximum Gasteiger partial charge on any atom is 0.254 e. The van der Waals surface area contributed by atoms with Crippen molar-refractivity contribution in [2.75, 3.05) is 26.7 Å². The number of benzene rings is 1. The molecule has 3 rings (SSSR count). The Balaban J connectivity index is 1.73. The summed E-state index contributed by atoms with van der Waals surface area (Å²) in [6.07, 6.45) is 5.59. The van der Waals surface area contributed by atoms with E-state index in [0.717, 1.165) is 31.5 Å². The monoisotopic (exact) mass is 369 g/mol. The van der Waals surface area contributed by atoms with Crippen molar-refractivity contribution in [3.8, 4) is 11.5 Å². The summed E-state index contributed by atoms with van der Waals surface area (Å²) in [4.78, 5) is 18.8. The minimum absolute atomic E-state index is 0.0385. The summed E-state index contributed by atoms with van der Waals surface area (Å²) in [7, 11) is 1.95. The lowest BCUT2D eigenvalue weighted by atomic mass is 10.0. The number of piperidine rings is 1. The Morgan fingerprint density at radius 1 is 1.22 bits per heavy atom. The molecule has 0 saturated carbocycles. The number of carbonyl (C=O) groups excluding carboxylic acids is 1. The SMILES string of the molecule is CCOc1cc(C(=O)N2CCCC(NC)C2)ccc1OCc1ccncc1. The molecule has 1 aromatic carbocycles. The lowest BCUT2D eigenvalue weighted by Gasteiger charge is -2.32. The second-order valence-electron chi connectivity index (χ2n) is 6.62. The lowest BCUT2D eigenvalue weighted by Crippen LogP contribution is -2.46. The molecule has 6 heteroatoms. The van der Waals surface area contributed by atoms with Gasteiger partial charge in [-0.3, -0.25) is 9.78 Å². The smallest absolute Gasteiger partial charge is 0.254 e. The van der Waals surface area contributed by atoms with Crippen LogP contribution in [0.2, 0.25) is 0 Å². The van der Waals surface area contributed by atoms with Gasteiger partial charge in [0.25, 0.3) is 5.91 Å². The minimum atomic E-state index is 0.0385. The molecule has 1 atom stereocenters. The molecule has 1 fully saturated rings. The van der Waals surface area contributed by atoms with Crippen molar-refractivity contribution in [2.24, 2.45) is 0 Å². The number of nitrogens with one attached hydrogen (secondary N) is 1. The van der Waals surface area contributed by atoms with E-state index in [1.165, 1.54) is 0 Å². The zero-order valence-corrected chi connectivity index (χ0v) is 16.0. The van der Waals surface area contributed by atoms with Gasteiger partial charge in [-0.2, -0.15) is 0 Å². The summed E-state index contributed by atoms with van der Waals surface area (Å²) in [5.74, 6) is 1.27. The molecule has 27 heavy (non-hydrogen) atoms. The van der Waals surface area contributed by atoms with Crippen LogP contribution in [0, 0.1) is 0 Å². The fourth-order valence-corrected chi connectivity index (χ4v) is 3.25. The second kappa shape index (κ2) is 9.37. The Bertz CT molecular complexity index is 752. The van der Waals surface area contributed by atoms with E-state index >= 15 is 0 Å². The van der Waals surface area contributed by atoms with Crippen LogP contribution in [0.1, 0.15) is 35.7 Å². The van der Waals surface area contributed by atoms with Gasteiger partial charge in [0, 0.05) is 37.1 Å². The van der Waals surface area contributed by atoms with Crippen LogP contribution in [-0.2, 0) is 6.61 Å². The molecule has 1 aromatic heterocycles. The standard InChI is InChI=1S/C21H27N3O3/c1-3-26-20-13-17(21(25)24-12-4-5-18(14-24)22-2)6-7-19(20)27-15-16-8-10-23-11-9-16/h6-11,13,18,22H,3-5,12,14-15H2,1-2H3. The summed E-state index contributed by atoms with van der Waals surface area (Å²) in [5.41, 5.74) is 1.66. The summed E-state index contributed by atoms with van der Waals surface area (Å²) in [6, 6.07) is 9.60. The molecule has 0 spiro atoms. The van der Waals surface area contributed by atoms with Gasteiger partial charge in [0.2, 0.25) is 0 Å². The number of nitrogens with zero attached hydrogens (tertiary/aromatic N) is 2. The van der Waals surface area contributed by atoms with Crippen LogP contribution in [0.25, 0.3) is 0 Å². The molecule has 0 bridgehead atoms. The fourth-order valence-electron chi connectivity index (χ4n) is 3.25. The summed E-state index contributed by atoms with van der Waals surface area (Å²) in [5, 5.41) is 3.27. The highest BCUT2D eigenvalue weighted by Gasteiger charge is 2.24. The number of hydrogen-bond donors (Lipinski definition) is 1. The van der Waals surface area contributed by atoms with E-state index in [9.17, 15) is 4.79 Å². The van der Waals surface area contributed by atoms with Gasteiger partial charge in [-0.1, -0.05) is 0 Å². The maximum atomic E-state index is 12.9. The molecule has 0 radical (unpaired) electrons. The molecular formula is C21H27N3O3. The molecule has 1 N–H and O–H groups in total. The first kappa shape index (κ1) is 19.2. The van der Waals surface area contributed by atoms with E-state index in [1.54, 1.807) is 18.5 Å². The van der Waals surface area contributed by atoms with Crippen molar-refractivity contribution in [1.82, 2.24) is 15.2 Å². The Morgan fingerprint density at radius 2 is 2.04 bits per heavy atom. The van der Waals surface area contributed by atoms with Gasteiger partial charge in [0.15, 0.2) is 11.5 Å². The van der Waals surface area contributed by atoms with Gasteiger partial charge in [0.05, 0.1) is 6.61 Å². The molecule has 1 aliphatic rings. The van der Waals surface area contributed by atoms with Crippen molar-refractivity contribution in [1.29, 1.82) is 0 Å². The summed E-state index contributed by atoms with van der Waals surface area (Å²) in [6.45, 7) is 4.38. The van der Waals surface area contributed by atoms with E-state index < -0.39 is 0 Å². The third kappa shape index (κ3) is 4.98. The number of rotatable bonds is 7. The highest BCUT2D eigenvalue weighted by atomic mass is 16.5. The Morgan fingerprint density at radius 3 is 2.78 bits per heavy atom. The molecule has 6 nitrogen and oxygen atoms in total. The normalized spacial score (nSPS) is 16.8. The average molecular weight is 369 g/mol. The molecule has 1 aliphatic heterocycles. The molecular weight excluding hydrogens is 342 g/mol. The Hall–Kier alpha value is -2.60. The average Bonchev–Trinajstić information content (AvgIpc) is 2.73. The van der Waals surface area contributed by atoms with E-state index in [-0.39, 0.29) is 5.91 Å². The maximum absolute atomic E-state index is 12.9. The van der Waals surface area contributed by atoms with Crippen molar-refractivity contribution >= 4 is 5.91 Å². The van der Waals surface area contributed by atoms with Crippen LogP contribution in [0.5, 0.6) is 11.5 Å². The number of likely N-dealkylation sites (tertiary alicyclic amines) is 1. The number of pyridine rings is 1. The zero-order chi connectivity index (χ0) is 19.1. The first-order valence-electron chi connectivity index (χ1n) is 9.46. The Kier molecular flexibility index (Phi) is 6.65. The van der Waals surface area contributed by atoms with Crippen LogP contribution in [0.15, 0.2) is 42.7 Å².